The van der Waals surface area contributed by atoms with Gasteiger partial charge in [0.1, 0.15) is 16.5 Å². The first-order valence-electron chi connectivity index (χ1n) is 7.86. The molecule has 0 spiro atoms. The molecule has 1 aliphatic heterocycles. The Labute approximate surface area is 130 Å². The number of anilines is 1. The molecule has 3 rings (SSSR count). The van der Waals surface area contributed by atoms with Gasteiger partial charge in [-0.2, -0.15) is 0 Å². The van der Waals surface area contributed by atoms with Gasteiger partial charge in [-0.05, 0) is 45.2 Å². The lowest BCUT2D eigenvalue weighted by Gasteiger charge is -2.34. The maximum Gasteiger partial charge on any atom is 0.146 e. The fourth-order valence-corrected chi connectivity index (χ4v) is 4.37. The lowest BCUT2D eigenvalue weighted by Crippen LogP contribution is -2.38. The minimum Gasteiger partial charge on any atom is -0.383 e. The maximum absolute atomic E-state index is 6.18. The van der Waals surface area contributed by atoms with E-state index in [9.17, 15) is 0 Å². The molecule has 2 N–H and O–H groups in total. The molecule has 2 aromatic rings. The van der Waals surface area contributed by atoms with Gasteiger partial charge in [-0.15, -0.1) is 11.3 Å². The van der Waals surface area contributed by atoms with E-state index in [1.54, 1.807) is 11.3 Å². The van der Waals surface area contributed by atoms with Crippen LogP contribution in [0.5, 0.6) is 0 Å². The minimum absolute atomic E-state index is 0.641. The second-order valence-electron chi connectivity index (χ2n) is 6.02. The van der Waals surface area contributed by atoms with Crippen LogP contribution < -0.4 is 5.73 Å². The predicted molar refractivity (Wildman–Crippen MR) is 89.6 cm³/mol. The van der Waals surface area contributed by atoms with Crippen molar-refractivity contribution in [1.29, 1.82) is 0 Å². The van der Waals surface area contributed by atoms with Crippen molar-refractivity contribution < 1.29 is 0 Å². The van der Waals surface area contributed by atoms with E-state index in [1.807, 2.05) is 0 Å². The number of thiophene rings is 1. The minimum atomic E-state index is 0.641. The third-order valence-corrected chi connectivity index (χ3v) is 5.77. The number of nitrogens with zero attached hydrogens (tertiary/aromatic N) is 3. The highest BCUT2D eigenvalue weighted by molar-refractivity contribution is 7.18. The number of aryl methyl sites for hydroxylation is 2. The molecule has 1 atom stereocenters. The summed E-state index contributed by atoms with van der Waals surface area (Å²) in [5, 5.41) is 1.05. The van der Waals surface area contributed by atoms with E-state index in [0.717, 1.165) is 29.1 Å². The van der Waals surface area contributed by atoms with Crippen molar-refractivity contribution in [3.8, 4) is 0 Å². The Bertz CT molecular complexity index is 649. The van der Waals surface area contributed by atoms with E-state index in [2.05, 4.69) is 30.7 Å². The van der Waals surface area contributed by atoms with Gasteiger partial charge in [0.15, 0.2) is 0 Å². The number of nitrogens with two attached hydrogens (primary N) is 1. The van der Waals surface area contributed by atoms with Crippen molar-refractivity contribution in [3.63, 3.8) is 0 Å². The van der Waals surface area contributed by atoms with Crippen molar-refractivity contribution in [2.24, 2.45) is 0 Å². The SMILES string of the molecule is CCC1CCCCN1Cc1nc(N)c2c(C)c(C)sc2n1. The molecular weight excluding hydrogens is 280 g/mol. The molecule has 4 nitrogen and oxygen atoms in total. The molecule has 2 aromatic heterocycles. The molecule has 0 aromatic carbocycles. The highest BCUT2D eigenvalue weighted by Crippen LogP contribution is 2.32. The number of aromatic nitrogens is 2. The van der Waals surface area contributed by atoms with Gasteiger partial charge in [0, 0.05) is 10.9 Å². The molecule has 1 fully saturated rings. The Morgan fingerprint density at radius 2 is 2.10 bits per heavy atom. The molecule has 5 heteroatoms. The Morgan fingerprint density at radius 1 is 1.29 bits per heavy atom. The standard InChI is InChI=1S/C16H24N4S/c1-4-12-7-5-6-8-20(12)9-13-18-15(17)14-10(2)11(3)21-16(14)19-13/h12H,4-9H2,1-3H3,(H2,17,18,19). The molecule has 1 aliphatic rings. The van der Waals surface area contributed by atoms with Crippen molar-refractivity contribution in [3.05, 3.63) is 16.3 Å². The largest absolute Gasteiger partial charge is 0.383 e. The first-order valence-corrected chi connectivity index (χ1v) is 8.68. The Morgan fingerprint density at radius 3 is 2.86 bits per heavy atom. The molecule has 1 unspecified atom stereocenters. The van der Waals surface area contributed by atoms with Gasteiger partial charge in [-0.3, -0.25) is 4.90 Å². The Balaban J connectivity index is 1.90. The van der Waals surface area contributed by atoms with Gasteiger partial charge in [-0.1, -0.05) is 13.3 Å². The van der Waals surface area contributed by atoms with Crippen LogP contribution in [0.15, 0.2) is 0 Å². The third-order valence-electron chi connectivity index (χ3n) is 4.67. The monoisotopic (exact) mass is 304 g/mol. The van der Waals surface area contributed by atoms with E-state index in [0.29, 0.717) is 11.9 Å². The van der Waals surface area contributed by atoms with Crippen LogP contribution in [0.1, 0.15) is 48.9 Å². The number of piperidine rings is 1. The molecular formula is C16H24N4S. The zero-order valence-corrected chi connectivity index (χ0v) is 14.0. The zero-order chi connectivity index (χ0) is 15.0. The van der Waals surface area contributed by atoms with E-state index in [4.69, 9.17) is 10.7 Å². The third kappa shape index (κ3) is 2.77. The fraction of sp³-hybridized carbons (Fsp3) is 0.625. The molecule has 0 bridgehead atoms. The van der Waals surface area contributed by atoms with Crippen LogP contribution >= 0.6 is 11.3 Å². The summed E-state index contributed by atoms with van der Waals surface area (Å²) in [7, 11) is 0. The lowest BCUT2D eigenvalue weighted by atomic mass is 10.00. The van der Waals surface area contributed by atoms with Crippen molar-refractivity contribution >= 4 is 27.4 Å². The second-order valence-corrected chi connectivity index (χ2v) is 7.22. The van der Waals surface area contributed by atoms with Gasteiger partial charge >= 0.3 is 0 Å². The maximum atomic E-state index is 6.18. The number of nitrogen functional groups attached to an aromatic ring is 1. The summed E-state index contributed by atoms with van der Waals surface area (Å²) in [5.74, 6) is 1.52. The van der Waals surface area contributed by atoms with Crippen LogP contribution in [-0.4, -0.2) is 27.5 Å². The van der Waals surface area contributed by atoms with Crippen LogP contribution in [0, 0.1) is 13.8 Å². The van der Waals surface area contributed by atoms with Gasteiger partial charge in [0.2, 0.25) is 0 Å². The van der Waals surface area contributed by atoms with Crippen LogP contribution in [0.3, 0.4) is 0 Å². The summed E-state index contributed by atoms with van der Waals surface area (Å²) in [6, 6.07) is 0.672. The summed E-state index contributed by atoms with van der Waals surface area (Å²) in [5.41, 5.74) is 7.41. The van der Waals surface area contributed by atoms with Crippen LogP contribution in [0.2, 0.25) is 0 Å². The first kappa shape index (κ1) is 14.7. The van der Waals surface area contributed by atoms with E-state index in [-0.39, 0.29) is 0 Å². The summed E-state index contributed by atoms with van der Waals surface area (Å²) in [4.78, 5) is 14.2. The zero-order valence-electron chi connectivity index (χ0n) is 13.1. The van der Waals surface area contributed by atoms with Crippen molar-refractivity contribution in [2.75, 3.05) is 12.3 Å². The quantitative estimate of drug-likeness (QED) is 0.940. The Kier molecular flexibility index (Phi) is 4.13. The topological polar surface area (TPSA) is 55.0 Å². The lowest BCUT2D eigenvalue weighted by molar-refractivity contribution is 0.133. The van der Waals surface area contributed by atoms with Gasteiger partial charge in [-0.25, -0.2) is 9.97 Å². The number of rotatable bonds is 3. The highest BCUT2D eigenvalue weighted by Gasteiger charge is 2.22. The fourth-order valence-electron chi connectivity index (χ4n) is 3.31. The molecule has 1 saturated heterocycles. The molecule has 21 heavy (non-hydrogen) atoms. The first-order chi connectivity index (χ1) is 10.1. The molecule has 3 heterocycles. The average Bonchev–Trinajstić information content (AvgIpc) is 2.75. The average molecular weight is 304 g/mol. The summed E-state index contributed by atoms with van der Waals surface area (Å²) >= 11 is 1.73. The van der Waals surface area contributed by atoms with Gasteiger partial charge < -0.3 is 5.73 Å². The summed E-state index contributed by atoms with van der Waals surface area (Å²) in [6.45, 7) is 8.48. The van der Waals surface area contributed by atoms with E-state index in [1.165, 1.54) is 36.1 Å². The number of hydrogen-bond donors (Lipinski definition) is 1. The highest BCUT2D eigenvalue weighted by atomic mass is 32.1. The number of likely N-dealkylation sites (tertiary alicyclic amines) is 1. The van der Waals surface area contributed by atoms with Gasteiger partial charge in [0.25, 0.3) is 0 Å². The van der Waals surface area contributed by atoms with E-state index < -0.39 is 0 Å². The normalized spacial score (nSPS) is 20.2. The van der Waals surface area contributed by atoms with Gasteiger partial charge in [0.05, 0.1) is 11.9 Å². The smallest absolute Gasteiger partial charge is 0.146 e. The summed E-state index contributed by atoms with van der Waals surface area (Å²) < 4.78 is 0. The second kappa shape index (κ2) is 5.89. The van der Waals surface area contributed by atoms with Crippen molar-refractivity contribution in [2.45, 2.75) is 59.0 Å². The van der Waals surface area contributed by atoms with Crippen LogP contribution in [0.25, 0.3) is 10.2 Å². The van der Waals surface area contributed by atoms with Crippen molar-refractivity contribution in [1.82, 2.24) is 14.9 Å². The van der Waals surface area contributed by atoms with Crippen LogP contribution in [-0.2, 0) is 6.54 Å². The Hall–Kier alpha value is -1.20. The van der Waals surface area contributed by atoms with E-state index >= 15 is 0 Å². The predicted octanol–water partition coefficient (Wildman–Crippen LogP) is 3.65. The molecule has 0 amide bonds. The number of fused-ring (bicyclic) bond motifs is 1. The van der Waals surface area contributed by atoms with Crippen LogP contribution in [0.4, 0.5) is 5.82 Å². The summed E-state index contributed by atoms with van der Waals surface area (Å²) in [6.07, 6.45) is 5.13. The number of hydrogen-bond acceptors (Lipinski definition) is 5. The molecule has 0 aliphatic carbocycles. The molecule has 114 valence electrons. The molecule has 0 saturated carbocycles. The molecule has 0 radical (unpaired) electrons.